The molecule has 1 heterocycles. The van der Waals surface area contributed by atoms with Gasteiger partial charge in [0.15, 0.2) is 0 Å². The quantitative estimate of drug-likeness (QED) is 0.630. The van der Waals surface area contributed by atoms with Crippen LogP contribution in [0.2, 0.25) is 0 Å². The van der Waals surface area contributed by atoms with E-state index in [0.29, 0.717) is 6.04 Å². The highest BCUT2D eigenvalue weighted by Gasteiger charge is 2.02. The van der Waals surface area contributed by atoms with Crippen LogP contribution in [0.1, 0.15) is 26.3 Å². The molecule has 0 aliphatic heterocycles. The standard InChI is InChI=1S/C11H22N4/c1-3-12-6-4-7-13-10-11(2)15-9-5-8-14-15/h5,8-9,11-13H,3-4,6-7,10H2,1-2H3. The van der Waals surface area contributed by atoms with E-state index in [-0.39, 0.29) is 0 Å². The summed E-state index contributed by atoms with van der Waals surface area (Å²) in [5.41, 5.74) is 0. The maximum Gasteiger partial charge on any atom is 0.0615 e. The van der Waals surface area contributed by atoms with Crippen molar-refractivity contribution in [3.05, 3.63) is 18.5 Å². The zero-order chi connectivity index (χ0) is 10.9. The van der Waals surface area contributed by atoms with Crippen molar-refractivity contribution < 1.29 is 0 Å². The van der Waals surface area contributed by atoms with Crippen LogP contribution in [-0.2, 0) is 0 Å². The molecular formula is C11H22N4. The van der Waals surface area contributed by atoms with E-state index in [9.17, 15) is 0 Å². The van der Waals surface area contributed by atoms with Crippen LogP contribution in [0, 0.1) is 0 Å². The summed E-state index contributed by atoms with van der Waals surface area (Å²) < 4.78 is 1.98. The molecule has 1 atom stereocenters. The van der Waals surface area contributed by atoms with E-state index < -0.39 is 0 Å². The first kappa shape index (κ1) is 12.2. The third-order valence-corrected chi connectivity index (χ3v) is 2.37. The van der Waals surface area contributed by atoms with Crippen LogP contribution in [0.25, 0.3) is 0 Å². The molecule has 0 radical (unpaired) electrons. The molecule has 0 aromatic carbocycles. The monoisotopic (exact) mass is 210 g/mol. The van der Waals surface area contributed by atoms with Gasteiger partial charge in [-0.3, -0.25) is 4.68 Å². The molecule has 4 heteroatoms. The van der Waals surface area contributed by atoms with Gasteiger partial charge in [0.2, 0.25) is 0 Å². The number of nitrogens with one attached hydrogen (secondary N) is 2. The van der Waals surface area contributed by atoms with Gasteiger partial charge in [-0.1, -0.05) is 6.92 Å². The van der Waals surface area contributed by atoms with Crippen molar-refractivity contribution in [1.82, 2.24) is 20.4 Å². The van der Waals surface area contributed by atoms with Gasteiger partial charge in [0.1, 0.15) is 0 Å². The lowest BCUT2D eigenvalue weighted by molar-refractivity contribution is 0.450. The summed E-state index contributed by atoms with van der Waals surface area (Å²) in [6, 6.07) is 2.39. The first-order valence-corrected chi connectivity index (χ1v) is 5.75. The molecule has 0 saturated heterocycles. The summed E-state index contributed by atoms with van der Waals surface area (Å²) in [6.07, 6.45) is 5.01. The minimum Gasteiger partial charge on any atom is -0.317 e. The molecule has 0 spiro atoms. The van der Waals surface area contributed by atoms with Gasteiger partial charge in [-0.2, -0.15) is 5.10 Å². The van der Waals surface area contributed by atoms with E-state index in [1.807, 2.05) is 23.1 Å². The minimum atomic E-state index is 0.430. The van der Waals surface area contributed by atoms with Gasteiger partial charge >= 0.3 is 0 Å². The average Bonchev–Trinajstić information content (AvgIpc) is 2.76. The van der Waals surface area contributed by atoms with Crippen LogP contribution in [0.4, 0.5) is 0 Å². The Bertz CT molecular complexity index is 233. The average molecular weight is 210 g/mol. The van der Waals surface area contributed by atoms with Crippen LogP contribution < -0.4 is 10.6 Å². The fraction of sp³-hybridized carbons (Fsp3) is 0.727. The van der Waals surface area contributed by atoms with Crippen LogP contribution in [-0.4, -0.2) is 36.0 Å². The van der Waals surface area contributed by atoms with Gasteiger partial charge in [0.25, 0.3) is 0 Å². The Kier molecular flexibility index (Phi) is 6.04. The highest BCUT2D eigenvalue weighted by atomic mass is 15.3. The van der Waals surface area contributed by atoms with Gasteiger partial charge in [-0.15, -0.1) is 0 Å². The molecule has 0 amide bonds. The van der Waals surface area contributed by atoms with Crippen molar-refractivity contribution in [1.29, 1.82) is 0 Å². The fourth-order valence-electron chi connectivity index (χ4n) is 1.46. The van der Waals surface area contributed by atoms with E-state index in [4.69, 9.17) is 0 Å². The smallest absolute Gasteiger partial charge is 0.0615 e. The molecular weight excluding hydrogens is 188 g/mol. The molecule has 0 aliphatic carbocycles. The van der Waals surface area contributed by atoms with Crippen molar-refractivity contribution in [2.24, 2.45) is 0 Å². The van der Waals surface area contributed by atoms with Crippen LogP contribution in [0.3, 0.4) is 0 Å². The second kappa shape index (κ2) is 7.43. The maximum absolute atomic E-state index is 4.21. The number of hydrogen-bond donors (Lipinski definition) is 2. The summed E-state index contributed by atoms with van der Waals surface area (Å²) in [5, 5.41) is 10.9. The zero-order valence-corrected chi connectivity index (χ0v) is 9.74. The molecule has 0 aliphatic rings. The first-order chi connectivity index (χ1) is 7.34. The summed E-state index contributed by atoms with van der Waals surface area (Å²) in [5.74, 6) is 0. The van der Waals surface area contributed by atoms with Gasteiger partial charge in [-0.25, -0.2) is 0 Å². The van der Waals surface area contributed by atoms with Gasteiger partial charge < -0.3 is 10.6 Å². The molecule has 1 rings (SSSR count). The van der Waals surface area contributed by atoms with E-state index in [1.165, 1.54) is 6.42 Å². The lowest BCUT2D eigenvalue weighted by Crippen LogP contribution is -2.27. The Labute approximate surface area is 92.1 Å². The van der Waals surface area contributed by atoms with Crippen LogP contribution >= 0.6 is 0 Å². The molecule has 1 aromatic rings. The highest BCUT2D eigenvalue weighted by molar-refractivity contribution is 4.80. The summed E-state index contributed by atoms with van der Waals surface area (Å²) in [7, 11) is 0. The highest BCUT2D eigenvalue weighted by Crippen LogP contribution is 2.00. The van der Waals surface area contributed by atoms with Gasteiger partial charge in [0.05, 0.1) is 6.04 Å². The largest absolute Gasteiger partial charge is 0.317 e. The predicted octanol–water partition coefficient (Wildman–Crippen LogP) is 1.03. The Hall–Kier alpha value is -0.870. The number of rotatable bonds is 8. The van der Waals surface area contributed by atoms with Gasteiger partial charge in [-0.05, 0) is 39.0 Å². The minimum absolute atomic E-state index is 0.430. The fourth-order valence-corrected chi connectivity index (χ4v) is 1.46. The number of aromatic nitrogens is 2. The van der Waals surface area contributed by atoms with Gasteiger partial charge in [0, 0.05) is 18.9 Å². The molecule has 0 bridgehead atoms. The SMILES string of the molecule is CCNCCCNCC(C)n1cccn1. The van der Waals surface area contributed by atoms with Crippen molar-refractivity contribution >= 4 is 0 Å². The molecule has 0 saturated carbocycles. The third kappa shape index (κ3) is 4.95. The third-order valence-electron chi connectivity index (χ3n) is 2.37. The Morgan fingerprint density at radius 2 is 2.13 bits per heavy atom. The van der Waals surface area contributed by atoms with Crippen molar-refractivity contribution in [2.45, 2.75) is 26.3 Å². The Balaban J connectivity index is 2.00. The first-order valence-electron chi connectivity index (χ1n) is 5.75. The molecule has 2 N–H and O–H groups in total. The molecule has 0 fully saturated rings. The summed E-state index contributed by atoms with van der Waals surface area (Å²) in [4.78, 5) is 0. The second-order valence-corrected chi connectivity index (χ2v) is 3.75. The molecule has 86 valence electrons. The second-order valence-electron chi connectivity index (χ2n) is 3.75. The number of nitrogens with zero attached hydrogens (tertiary/aromatic N) is 2. The summed E-state index contributed by atoms with van der Waals surface area (Å²) >= 11 is 0. The molecule has 1 unspecified atom stereocenters. The van der Waals surface area contributed by atoms with Crippen LogP contribution in [0.15, 0.2) is 18.5 Å². The lowest BCUT2D eigenvalue weighted by Gasteiger charge is -2.13. The van der Waals surface area contributed by atoms with Crippen molar-refractivity contribution in [2.75, 3.05) is 26.2 Å². The normalized spacial score (nSPS) is 12.9. The zero-order valence-electron chi connectivity index (χ0n) is 9.74. The van der Waals surface area contributed by atoms with Crippen LogP contribution in [0.5, 0.6) is 0 Å². The van der Waals surface area contributed by atoms with Crippen molar-refractivity contribution in [3.63, 3.8) is 0 Å². The van der Waals surface area contributed by atoms with E-state index in [0.717, 1.165) is 26.2 Å². The predicted molar refractivity (Wildman–Crippen MR) is 63.0 cm³/mol. The number of hydrogen-bond acceptors (Lipinski definition) is 3. The van der Waals surface area contributed by atoms with E-state index in [1.54, 1.807) is 0 Å². The van der Waals surface area contributed by atoms with Crippen molar-refractivity contribution in [3.8, 4) is 0 Å². The molecule has 4 nitrogen and oxygen atoms in total. The topological polar surface area (TPSA) is 41.9 Å². The lowest BCUT2D eigenvalue weighted by atomic mass is 10.3. The van der Waals surface area contributed by atoms with E-state index >= 15 is 0 Å². The maximum atomic E-state index is 4.21. The Morgan fingerprint density at radius 3 is 2.80 bits per heavy atom. The van der Waals surface area contributed by atoms with E-state index in [2.05, 4.69) is 29.6 Å². The molecule has 15 heavy (non-hydrogen) atoms. The summed E-state index contributed by atoms with van der Waals surface area (Å²) in [6.45, 7) is 8.51. The molecule has 1 aromatic heterocycles. The Morgan fingerprint density at radius 1 is 1.33 bits per heavy atom.